The molecule has 1 aromatic carbocycles. The highest BCUT2D eigenvalue weighted by atomic mass is 16.3. The molecule has 78 valence electrons. The van der Waals surface area contributed by atoms with E-state index in [1.165, 1.54) is 11.1 Å². The van der Waals surface area contributed by atoms with Crippen molar-refractivity contribution >= 4 is 0 Å². The summed E-state index contributed by atoms with van der Waals surface area (Å²) in [5, 5.41) is 8.91. The summed E-state index contributed by atoms with van der Waals surface area (Å²) in [6, 6.07) is 6.22. The van der Waals surface area contributed by atoms with E-state index in [9.17, 15) is 0 Å². The van der Waals surface area contributed by atoms with Gasteiger partial charge < -0.3 is 10.8 Å². The van der Waals surface area contributed by atoms with E-state index in [2.05, 4.69) is 26.0 Å². The minimum atomic E-state index is -0.423. The van der Waals surface area contributed by atoms with Crippen molar-refractivity contribution < 1.29 is 5.11 Å². The normalized spacial score (nSPS) is 15.2. The van der Waals surface area contributed by atoms with Crippen molar-refractivity contribution in [3.63, 3.8) is 0 Å². The van der Waals surface area contributed by atoms with Gasteiger partial charge in [0.1, 0.15) is 0 Å². The van der Waals surface area contributed by atoms with E-state index < -0.39 is 5.54 Å². The van der Waals surface area contributed by atoms with Crippen molar-refractivity contribution in [2.45, 2.75) is 32.7 Å². The highest BCUT2D eigenvalue weighted by Gasteiger charge is 2.20. The maximum absolute atomic E-state index is 8.91. The van der Waals surface area contributed by atoms with Gasteiger partial charge in [0.2, 0.25) is 0 Å². The second kappa shape index (κ2) is 4.11. The van der Waals surface area contributed by atoms with Gasteiger partial charge in [0.15, 0.2) is 0 Å². The molecule has 0 aliphatic heterocycles. The minimum Gasteiger partial charge on any atom is -0.396 e. The van der Waals surface area contributed by atoms with E-state index in [0.29, 0.717) is 6.42 Å². The maximum atomic E-state index is 8.91. The zero-order valence-corrected chi connectivity index (χ0v) is 9.17. The van der Waals surface area contributed by atoms with Crippen LogP contribution in [0.2, 0.25) is 0 Å². The van der Waals surface area contributed by atoms with Gasteiger partial charge in [-0.25, -0.2) is 0 Å². The second-order valence-corrected chi connectivity index (χ2v) is 4.19. The highest BCUT2D eigenvalue weighted by Crippen LogP contribution is 2.23. The first-order chi connectivity index (χ1) is 6.47. The van der Waals surface area contributed by atoms with Gasteiger partial charge in [-0.1, -0.05) is 18.2 Å². The van der Waals surface area contributed by atoms with E-state index in [4.69, 9.17) is 10.8 Å². The van der Waals surface area contributed by atoms with Crippen LogP contribution in [0.25, 0.3) is 0 Å². The molecule has 2 heteroatoms. The summed E-state index contributed by atoms with van der Waals surface area (Å²) in [6.07, 6.45) is 0.593. The monoisotopic (exact) mass is 193 g/mol. The molecular weight excluding hydrogens is 174 g/mol. The number of aliphatic hydroxyl groups excluding tert-OH is 1. The maximum Gasteiger partial charge on any atom is 0.0451 e. The summed E-state index contributed by atoms with van der Waals surface area (Å²) >= 11 is 0. The van der Waals surface area contributed by atoms with Crippen LogP contribution in [0.3, 0.4) is 0 Å². The molecule has 1 aromatic rings. The van der Waals surface area contributed by atoms with E-state index in [-0.39, 0.29) is 6.61 Å². The second-order valence-electron chi connectivity index (χ2n) is 4.19. The predicted molar refractivity (Wildman–Crippen MR) is 59.2 cm³/mol. The molecule has 1 atom stereocenters. The summed E-state index contributed by atoms with van der Waals surface area (Å²) < 4.78 is 0. The summed E-state index contributed by atoms with van der Waals surface area (Å²) in [5.41, 5.74) is 9.30. The van der Waals surface area contributed by atoms with E-state index in [1.807, 2.05) is 13.0 Å². The van der Waals surface area contributed by atoms with Crippen molar-refractivity contribution in [3.8, 4) is 0 Å². The molecule has 1 rings (SSSR count). The molecule has 0 spiro atoms. The molecule has 0 amide bonds. The van der Waals surface area contributed by atoms with E-state index >= 15 is 0 Å². The van der Waals surface area contributed by atoms with Gasteiger partial charge >= 0.3 is 0 Å². The van der Waals surface area contributed by atoms with Crippen molar-refractivity contribution in [2.75, 3.05) is 6.61 Å². The van der Waals surface area contributed by atoms with Gasteiger partial charge in [-0.2, -0.15) is 0 Å². The Hall–Kier alpha value is -0.860. The summed E-state index contributed by atoms with van der Waals surface area (Å²) in [5.74, 6) is 0. The third kappa shape index (κ3) is 2.34. The molecule has 0 fully saturated rings. The topological polar surface area (TPSA) is 46.2 Å². The molecule has 1 unspecified atom stereocenters. The average Bonchev–Trinajstić information content (AvgIpc) is 2.09. The molecule has 0 aliphatic carbocycles. The van der Waals surface area contributed by atoms with Gasteiger partial charge in [0, 0.05) is 12.1 Å². The van der Waals surface area contributed by atoms with Gasteiger partial charge in [-0.3, -0.25) is 0 Å². The number of hydrogen-bond donors (Lipinski definition) is 2. The summed E-state index contributed by atoms with van der Waals surface area (Å²) in [6.45, 7) is 6.24. The number of rotatable bonds is 3. The van der Waals surface area contributed by atoms with E-state index in [0.717, 1.165) is 5.56 Å². The molecule has 2 nitrogen and oxygen atoms in total. The fourth-order valence-corrected chi connectivity index (χ4v) is 1.47. The molecule has 14 heavy (non-hydrogen) atoms. The molecular formula is C12H19NO. The van der Waals surface area contributed by atoms with Crippen LogP contribution >= 0.6 is 0 Å². The van der Waals surface area contributed by atoms with Crippen LogP contribution in [0.4, 0.5) is 0 Å². The van der Waals surface area contributed by atoms with Gasteiger partial charge in [-0.05, 0) is 43.9 Å². The Balaban J connectivity index is 3.01. The smallest absolute Gasteiger partial charge is 0.0451 e. The van der Waals surface area contributed by atoms with Crippen LogP contribution in [-0.4, -0.2) is 11.7 Å². The Morgan fingerprint density at radius 2 is 1.93 bits per heavy atom. The number of aryl methyl sites for hydroxylation is 2. The van der Waals surface area contributed by atoms with Crippen molar-refractivity contribution in [3.05, 3.63) is 34.9 Å². The van der Waals surface area contributed by atoms with Gasteiger partial charge in [0.05, 0.1) is 0 Å². The Labute approximate surface area is 85.8 Å². The van der Waals surface area contributed by atoms with Crippen LogP contribution < -0.4 is 5.73 Å². The largest absolute Gasteiger partial charge is 0.396 e. The number of hydrogen-bond acceptors (Lipinski definition) is 2. The molecule has 3 N–H and O–H groups in total. The third-order valence-corrected chi connectivity index (χ3v) is 2.80. The lowest BCUT2D eigenvalue weighted by atomic mass is 9.88. The van der Waals surface area contributed by atoms with Crippen molar-refractivity contribution in [1.29, 1.82) is 0 Å². The fraction of sp³-hybridized carbons (Fsp3) is 0.500. The van der Waals surface area contributed by atoms with Gasteiger partial charge in [0.25, 0.3) is 0 Å². The highest BCUT2D eigenvalue weighted by molar-refractivity contribution is 5.33. The first-order valence-corrected chi connectivity index (χ1v) is 4.95. The summed E-state index contributed by atoms with van der Waals surface area (Å²) in [7, 11) is 0. The third-order valence-electron chi connectivity index (χ3n) is 2.80. The fourth-order valence-electron chi connectivity index (χ4n) is 1.47. The average molecular weight is 193 g/mol. The Kier molecular flexibility index (Phi) is 3.29. The molecule has 0 radical (unpaired) electrons. The van der Waals surface area contributed by atoms with Crippen molar-refractivity contribution in [1.82, 2.24) is 0 Å². The van der Waals surface area contributed by atoms with Crippen LogP contribution in [-0.2, 0) is 5.54 Å². The van der Waals surface area contributed by atoms with E-state index in [1.54, 1.807) is 0 Å². The summed E-state index contributed by atoms with van der Waals surface area (Å²) in [4.78, 5) is 0. The lowest BCUT2D eigenvalue weighted by Gasteiger charge is -2.25. The lowest BCUT2D eigenvalue weighted by molar-refractivity contribution is 0.247. The Morgan fingerprint density at radius 3 is 2.43 bits per heavy atom. The SMILES string of the molecule is Cc1ccc(C(C)(N)CCO)cc1C. The Bertz CT molecular complexity index is 318. The zero-order valence-electron chi connectivity index (χ0n) is 9.17. The number of aliphatic hydroxyl groups is 1. The quantitative estimate of drug-likeness (QED) is 0.769. The Morgan fingerprint density at radius 1 is 1.29 bits per heavy atom. The van der Waals surface area contributed by atoms with Crippen LogP contribution in [0.15, 0.2) is 18.2 Å². The molecule has 0 bridgehead atoms. The molecule has 0 heterocycles. The molecule has 0 saturated heterocycles. The first-order valence-electron chi connectivity index (χ1n) is 4.95. The first kappa shape index (κ1) is 11.2. The van der Waals surface area contributed by atoms with Crippen LogP contribution in [0.1, 0.15) is 30.0 Å². The number of nitrogens with two attached hydrogens (primary N) is 1. The van der Waals surface area contributed by atoms with Crippen LogP contribution in [0, 0.1) is 13.8 Å². The van der Waals surface area contributed by atoms with Crippen molar-refractivity contribution in [2.24, 2.45) is 5.73 Å². The minimum absolute atomic E-state index is 0.125. The van der Waals surface area contributed by atoms with Crippen LogP contribution in [0.5, 0.6) is 0 Å². The predicted octanol–water partition coefficient (Wildman–Crippen LogP) is 1.86. The lowest BCUT2D eigenvalue weighted by Crippen LogP contribution is -2.34. The number of benzene rings is 1. The standard InChI is InChI=1S/C12H19NO/c1-9-4-5-11(8-10(9)2)12(3,13)6-7-14/h4-5,8,14H,6-7,13H2,1-3H3. The molecule has 0 aliphatic rings. The molecule has 0 saturated carbocycles. The van der Waals surface area contributed by atoms with Gasteiger partial charge in [-0.15, -0.1) is 0 Å². The zero-order chi connectivity index (χ0) is 10.8. The molecule has 0 aromatic heterocycles.